The first-order valence-corrected chi connectivity index (χ1v) is 12.4. The van der Waals surface area contributed by atoms with Crippen LogP contribution in [0.5, 0.6) is 0 Å². The molecule has 7 rings (SSSR count). The molecule has 3 fully saturated rings. The van der Waals surface area contributed by atoms with Crippen molar-refractivity contribution in [1.29, 1.82) is 0 Å². The second-order valence-electron chi connectivity index (χ2n) is 9.18. The van der Waals surface area contributed by atoms with Crippen LogP contribution < -0.4 is 0 Å². The van der Waals surface area contributed by atoms with Gasteiger partial charge in [-0.25, -0.2) is 19.3 Å². The maximum atomic E-state index is 14.2. The first kappa shape index (κ1) is 20.2. The minimum absolute atomic E-state index is 0.189. The average molecular weight is 468 g/mol. The monoisotopic (exact) mass is 467 g/mol. The third-order valence-corrected chi connectivity index (χ3v) is 8.68. The van der Waals surface area contributed by atoms with Gasteiger partial charge < -0.3 is 0 Å². The van der Waals surface area contributed by atoms with Gasteiger partial charge in [0, 0.05) is 5.69 Å². The molecule has 164 valence electrons. The van der Waals surface area contributed by atoms with Crippen LogP contribution in [0.2, 0.25) is 5.15 Å². The van der Waals surface area contributed by atoms with Crippen molar-refractivity contribution in [3.63, 3.8) is 0 Å². The second kappa shape index (κ2) is 7.89. The van der Waals surface area contributed by atoms with Gasteiger partial charge in [-0.1, -0.05) is 24.6 Å². The maximum Gasteiger partial charge on any atom is 0.183 e. The molecule has 32 heavy (non-hydrogen) atoms. The fourth-order valence-corrected chi connectivity index (χ4v) is 6.62. The van der Waals surface area contributed by atoms with Gasteiger partial charge in [0.1, 0.15) is 5.69 Å². The number of nitrogens with one attached hydrogen (secondary N) is 1. The highest BCUT2D eigenvalue weighted by atomic mass is 35.5. The van der Waals surface area contributed by atoms with Crippen LogP contribution in [0, 0.1) is 29.5 Å². The maximum absolute atomic E-state index is 14.2. The van der Waals surface area contributed by atoms with Gasteiger partial charge >= 0.3 is 0 Å². The summed E-state index contributed by atoms with van der Waals surface area (Å²) in [5.74, 6) is 2.94. The number of thiophene rings is 1. The Bertz CT molecular complexity index is 1280. The van der Waals surface area contributed by atoms with E-state index in [0.29, 0.717) is 28.5 Å². The predicted molar refractivity (Wildman–Crippen MR) is 125 cm³/mol. The van der Waals surface area contributed by atoms with E-state index in [1.54, 1.807) is 11.3 Å². The van der Waals surface area contributed by atoms with Crippen LogP contribution in [0.15, 0.2) is 29.6 Å². The highest BCUT2D eigenvalue weighted by Gasteiger charge is 2.41. The summed E-state index contributed by atoms with van der Waals surface area (Å²) < 4.78 is 14.2. The third-order valence-electron chi connectivity index (χ3n) is 7.52. The summed E-state index contributed by atoms with van der Waals surface area (Å²) in [6.07, 6.45) is 6.37. The number of halogens is 2. The Kier molecular flexibility index (Phi) is 4.99. The lowest BCUT2D eigenvalue weighted by molar-refractivity contribution is 0.0339. The Morgan fingerprint density at radius 3 is 2.69 bits per heavy atom. The molecular formula is C24H23ClFN5S. The highest BCUT2D eigenvalue weighted by Crippen LogP contribution is 2.49. The smallest absolute Gasteiger partial charge is 0.183 e. The molecule has 2 bridgehead atoms. The van der Waals surface area contributed by atoms with E-state index >= 15 is 0 Å². The minimum atomic E-state index is -0.580. The minimum Gasteiger partial charge on any atom is -0.272 e. The molecule has 3 aliphatic carbocycles. The van der Waals surface area contributed by atoms with Gasteiger partial charge in [0.25, 0.3) is 0 Å². The number of aromatic nitrogens is 5. The van der Waals surface area contributed by atoms with E-state index in [-0.39, 0.29) is 5.15 Å². The molecule has 0 spiro atoms. The Balaban J connectivity index is 1.45. The van der Waals surface area contributed by atoms with Gasteiger partial charge in [0.15, 0.2) is 22.4 Å². The Morgan fingerprint density at radius 1 is 1.12 bits per heavy atom. The average Bonchev–Trinajstić information content (AvgIpc) is 3.47. The van der Waals surface area contributed by atoms with Crippen LogP contribution in [0.25, 0.3) is 33.1 Å². The van der Waals surface area contributed by atoms with Crippen molar-refractivity contribution in [1.82, 2.24) is 25.1 Å². The molecule has 0 saturated heterocycles. The van der Waals surface area contributed by atoms with E-state index < -0.39 is 5.82 Å². The molecule has 4 heterocycles. The summed E-state index contributed by atoms with van der Waals surface area (Å²) in [7, 11) is 0. The van der Waals surface area contributed by atoms with Gasteiger partial charge in [-0.3, -0.25) is 5.10 Å². The van der Waals surface area contributed by atoms with Gasteiger partial charge in [0.2, 0.25) is 0 Å². The van der Waals surface area contributed by atoms with Crippen LogP contribution in [-0.4, -0.2) is 25.1 Å². The van der Waals surface area contributed by atoms with Gasteiger partial charge in [-0.05, 0) is 79.4 Å². The van der Waals surface area contributed by atoms with Gasteiger partial charge in [0.05, 0.1) is 16.0 Å². The molecule has 3 saturated carbocycles. The number of rotatable bonds is 4. The lowest BCUT2D eigenvalue weighted by atomic mass is 9.58. The third kappa shape index (κ3) is 3.42. The zero-order chi connectivity index (χ0) is 21.8. The zero-order valence-corrected chi connectivity index (χ0v) is 19.3. The number of hydrogen-bond acceptors (Lipinski definition) is 5. The largest absolute Gasteiger partial charge is 0.272 e. The van der Waals surface area contributed by atoms with E-state index in [9.17, 15) is 4.39 Å². The zero-order valence-electron chi connectivity index (χ0n) is 17.7. The quantitative estimate of drug-likeness (QED) is 0.345. The van der Waals surface area contributed by atoms with E-state index in [4.69, 9.17) is 21.6 Å². The standard InChI is InChI=1S/C24H23ClFN5S/c1-12-13-4-6-14(7-5-13)16(12)9-15-10-19(20-3-2-8-32-20)28-24(27-15)21-17-11-18(26)22(25)29-23(17)31-30-21/h2-3,8,10-14,16H,4-7,9H2,1H3,(H,29,30,31)/t12-,13?,14?,16+/m0/s1. The van der Waals surface area contributed by atoms with Crippen LogP contribution in [0.3, 0.4) is 0 Å². The van der Waals surface area contributed by atoms with Crippen molar-refractivity contribution >= 4 is 34.0 Å². The lowest BCUT2D eigenvalue weighted by Crippen LogP contribution is -2.39. The molecule has 0 aliphatic heterocycles. The molecular weight excluding hydrogens is 445 g/mol. The Hall–Kier alpha value is -2.38. The molecule has 4 aromatic rings. The Morgan fingerprint density at radius 2 is 1.94 bits per heavy atom. The summed E-state index contributed by atoms with van der Waals surface area (Å²) in [5.41, 5.74) is 2.85. The van der Waals surface area contributed by atoms with Gasteiger partial charge in [-0.2, -0.15) is 5.10 Å². The van der Waals surface area contributed by atoms with Crippen molar-refractivity contribution in [2.45, 2.75) is 39.0 Å². The summed E-state index contributed by atoms with van der Waals surface area (Å²) in [6, 6.07) is 7.57. The number of aromatic amines is 1. The molecule has 0 radical (unpaired) electrons. The topological polar surface area (TPSA) is 67.3 Å². The van der Waals surface area contributed by atoms with Crippen LogP contribution in [0.4, 0.5) is 4.39 Å². The number of H-pyrrole nitrogens is 1. The van der Waals surface area contributed by atoms with Crippen molar-refractivity contribution < 1.29 is 4.39 Å². The molecule has 0 unspecified atom stereocenters. The number of fused-ring (bicyclic) bond motifs is 4. The molecule has 0 amide bonds. The highest BCUT2D eigenvalue weighted by molar-refractivity contribution is 7.13. The first-order chi connectivity index (χ1) is 15.6. The summed E-state index contributed by atoms with van der Waals surface area (Å²) >= 11 is 7.50. The molecule has 3 aliphatic rings. The molecule has 5 nitrogen and oxygen atoms in total. The molecule has 0 aromatic carbocycles. The summed E-state index contributed by atoms with van der Waals surface area (Å²) in [6.45, 7) is 2.42. The van der Waals surface area contributed by atoms with Gasteiger partial charge in [-0.15, -0.1) is 11.3 Å². The van der Waals surface area contributed by atoms with Crippen molar-refractivity contribution in [3.05, 3.63) is 46.3 Å². The van der Waals surface area contributed by atoms with Crippen molar-refractivity contribution in [2.24, 2.45) is 23.7 Å². The number of hydrogen-bond donors (Lipinski definition) is 1. The van der Waals surface area contributed by atoms with Crippen LogP contribution >= 0.6 is 22.9 Å². The van der Waals surface area contributed by atoms with E-state index in [0.717, 1.165) is 40.4 Å². The molecule has 4 aromatic heterocycles. The van der Waals surface area contributed by atoms with E-state index in [2.05, 4.69) is 34.2 Å². The Labute approximate surface area is 194 Å². The first-order valence-electron chi connectivity index (χ1n) is 11.2. The fraction of sp³-hybridized carbons (Fsp3) is 0.417. The summed E-state index contributed by atoms with van der Waals surface area (Å²) in [4.78, 5) is 14.9. The molecule has 8 heteroatoms. The lowest BCUT2D eigenvalue weighted by Gasteiger charge is -2.47. The van der Waals surface area contributed by atoms with E-state index in [1.165, 1.54) is 31.7 Å². The van der Waals surface area contributed by atoms with Crippen molar-refractivity contribution in [3.8, 4) is 22.1 Å². The normalized spacial score (nSPS) is 25.0. The number of nitrogens with zero attached hydrogens (tertiary/aromatic N) is 4. The van der Waals surface area contributed by atoms with E-state index in [1.807, 2.05) is 11.4 Å². The second-order valence-corrected chi connectivity index (χ2v) is 10.5. The SMILES string of the molecule is C[C@H]1C2CCC(CC2)[C@@H]1Cc1cc(-c2cccs2)nc(-c2[nH]nc3nc(Cl)c(F)cc23)n1. The molecule has 2 atom stereocenters. The predicted octanol–water partition coefficient (Wildman–Crippen LogP) is 6.55. The van der Waals surface area contributed by atoms with Crippen molar-refractivity contribution in [2.75, 3.05) is 0 Å². The summed E-state index contributed by atoms with van der Waals surface area (Å²) in [5, 5.41) is 9.57. The van der Waals surface area contributed by atoms with Crippen LogP contribution in [-0.2, 0) is 6.42 Å². The number of pyridine rings is 1. The fourth-order valence-electron chi connectivity index (χ4n) is 5.80. The van der Waals surface area contributed by atoms with Crippen LogP contribution in [0.1, 0.15) is 38.3 Å². The molecule has 1 N–H and O–H groups in total.